The molecule has 1 amide bonds. The van der Waals surface area contributed by atoms with Crippen molar-refractivity contribution in [2.75, 3.05) is 11.9 Å². The van der Waals surface area contributed by atoms with Gasteiger partial charge in [-0.1, -0.05) is 13.3 Å². The number of carbonyl (C=O) groups excluding carboxylic acids is 2. The molecule has 2 fully saturated rings. The van der Waals surface area contributed by atoms with Crippen LogP contribution in [0.5, 0.6) is 0 Å². The first-order chi connectivity index (χ1) is 11.0. The van der Waals surface area contributed by atoms with Gasteiger partial charge in [-0.3, -0.25) is 4.79 Å². The zero-order valence-electron chi connectivity index (χ0n) is 14.1. The summed E-state index contributed by atoms with van der Waals surface area (Å²) >= 11 is 1.49. The molecule has 2 aliphatic carbocycles. The SMILES string of the molecule is CCOC(=O)c1c(NC(=O)C2CC3CCC2C3)sc(C)c1CC. The Morgan fingerprint density at radius 1 is 1.26 bits per heavy atom. The number of rotatable bonds is 5. The summed E-state index contributed by atoms with van der Waals surface area (Å²) in [7, 11) is 0. The van der Waals surface area contributed by atoms with Crippen LogP contribution in [0.1, 0.15) is 60.3 Å². The summed E-state index contributed by atoms with van der Waals surface area (Å²) in [5, 5.41) is 3.72. The van der Waals surface area contributed by atoms with E-state index < -0.39 is 0 Å². The van der Waals surface area contributed by atoms with E-state index >= 15 is 0 Å². The topological polar surface area (TPSA) is 55.4 Å². The molecule has 0 aromatic carbocycles. The van der Waals surface area contributed by atoms with Crippen molar-refractivity contribution in [3.8, 4) is 0 Å². The second-order valence-electron chi connectivity index (χ2n) is 6.69. The maximum atomic E-state index is 12.7. The number of fused-ring (bicyclic) bond motifs is 2. The zero-order chi connectivity index (χ0) is 16.6. The molecule has 3 atom stereocenters. The lowest BCUT2D eigenvalue weighted by Crippen LogP contribution is -2.27. The average Bonchev–Trinajstić information content (AvgIpc) is 3.21. The summed E-state index contributed by atoms with van der Waals surface area (Å²) < 4.78 is 5.20. The van der Waals surface area contributed by atoms with E-state index in [1.54, 1.807) is 6.92 Å². The van der Waals surface area contributed by atoms with Crippen molar-refractivity contribution in [2.45, 2.75) is 52.9 Å². The highest BCUT2D eigenvalue weighted by molar-refractivity contribution is 7.16. The summed E-state index contributed by atoms with van der Waals surface area (Å²) in [5.41, 5.74) is 1.56. The van der Waals surface area contributed by atoms with Crippen LogP contribution in [-0.2, 0) is 16.0 Å². The Kier molecular flexibility index (Phi) is 4.76. The Hall–Kier alpha value is -1.36. The molecule has 2 saturated carbocycles. The first-order valence-electron chi connectivity index (χ1n) is 8.65. The number of thiophene rings is 1. The molecule has 1 heterocycles. The van der Waals surface area contributed by atoms with Gasteiger partial charge in [-0.25, -0.2) is 4.79 Å². The predicted octanol–water partition coefficient (Wildman–Crippen LogP) is 4.17. The summed E-state index contributed by atoms with van der Waals surface area (Å²) in [4.78, 5) is 26.1. The molecule has 3 unspecified atom stereocenters. The third-order valence-corrected chi connectivity index (χ3v) is 6.42. The molecule has 126 valence electrons. The fourth-order valence-corrected chi connectivity index (χ4v) is 5.42. The van der Waals surface area contributed by atoms with Crippen LogP contribution in [0.25, 0.3) is 0 Å². The molecule has 0 saturated heterocycles. The van der Waals surface area contributed by atoms with Crippen molar-refractivity contribution < 1.29 is 14.3 Å². The first kappa shape index (κ1) is 16.5. The Bertz CT molecular complexity index is 622. The molecular formula is C18H25NO3S. The first-order valence-corrected chi connectivity index (χ1v) is 9.47. The van der Waals surface area contributed by atoms with Crippen LogP contribution in [0.4, 0.5) is 5.00 Å². The van der Waals surface area contributed by atoms with Gasteiger partial charge in [0.05, 0.1) is 12.2 Å². The number of esters is 1. The highest BCUT2D eigenvalue weighted by Gasteiger charge is 2.43. The lowest BCUT2D eigenvalue weighted by atomic mass is 9.88. The van der Waals surface area contributed by atoms with Gasteiger partial charge in [0, 0.05) is 10.8 Å². The van der Waals surface area contributed by atoms with Crippen LogP contribution >= 0.6 is 11.3 Å². The van der Waals surface area contributed by atoms with E-state index in [9.17, 15) is 9.59 Å². The van der Waals surface area contributed by atoms with Gasteiger partial charge in [-0.05, 0) is 56.9 Å². The van der Waals surface area contributed by atoms with Crippen molar-refractivity contribution in [2.24, 2.45) is 17.8 Å². The van der Waals surface area contributed by atoms with E-state index in [0.29, 0.717) is 23.1 Å². The van der Waals surface area contributed by atoms with Crippen LogP contribution < -0.4 is 5.32 Å². The average molecular weight is 335 g/mol. The van der Waals surface area contributed by atoms with E-state index in [1.807, 2.05) is 13.8 Å². The number of hydrogen-bond donors (Lipinski definition) is 1. The molecule has 1 aromatic heterocycles. The number of carbonyl (C=O) groups is 2. The fourth-order valence-electron chi connectivity index (χ4n) is 4.28. The molecule has 5 heteroatoms. The van der Waals surface area contributed by atoms with Crippen LogP contribution in [-0.4, -0.2) is 18.5 Å². The molecule has 0 spiro atoms. The van der Waals surface area contributed by atoms with E-state index in [1.165, 1.54) is 30.6 Å². The van der Waals surface area contributed by atoms with Crippen molar-refractivity contribution in [3.63, 3.8) is 0 Å². The monoisotopic (exact) mass is 335 g/mol. The molecule has 1 aromatic rings. The number of nitrogens with one attached hydrogen (secondary N) is 1. The summed E-state index contributed by atoms with van der Waals surface area (Å²) in [6.45, 7) is 6.17. The predicted molar refractivity (Wildman–Crippen MR) is 92.0 cm³/mol. The fraction of sp³-hybridized carbons (Fsp3) is 0.667. The maximum Gasteiger partial charge on any atom is 0.341 e. The molecule has 1 N–H and O–H groups in total. The standard InChI is InChI=1S/C18H25NO3S/c1-4-13-10(3)23-17(15(13)18(21)22-5-2)19-16(20)14-9-11-6-7-12(14)8-11/h11-12,14H,4-9H2,1-3H3,(H,19,20). The molecular weight excluding hydrogens is 310 g/mol. The quantitative estimate of drug-likeness (QED) is 0.822. The lowest BCUT2D eigenvalue weighted by Gasteiger charge is -2.20. The number of hydrogen-bond acceptors (Lipinski definition) is 4. The van der Waals surface area contributed by atoms with Gasteiger partial charge in [0.25, 0.3) is 0 Å². The van der Waals surface area contributed by atoms with Gasteiger partial charge in [0.2, 0.25) is 5.91 Å². The molecule has 23 heavy (non-hydrogen) atoms. The van der Waals surface area contributed by atoms with Crippen LogP contribution in [0.3, 0.4) is 0 Å². The molecule has 2 bridgehead atoms. The molecule has 4 nitrogen and oxygen atoms in total. The Balaban J connectivity index is 1.81. The number of ether oxygens (including phenoxy) is 1. The Labute approximate surface area is 141 Å². The minimum absolute atomic E-state index is 0.0895. The van der Waals surface area contributed by atoms with E-state index in [2.05, 4.69) is 5.32 Å². The van der Waals surface area contributed by atoms with Crippen molar-refractivity contribution in [1.29, 1.82) is 0 Å². The van der Waals surface area contributed by atoms with Crippen LogP contribution in [0.15, 0.2) is 0 Å². The van der Waals surface area contributed by atoms with E-state index in [4.69, 9.17) is 4.74 Å². The second-order valence-corrected chi connectivity index (χ2v) is 7.91. The van der Waals surface area contributed by atoms with Crippen LogP contribution in [0.2, 0.25) is 0 Å². The summed E-state index contributed by atoms with van der Waals surface area (Å²) in [6.07, 6.45) is 5.43. The third kappa shape index (κ3) is 3.03. The van der Waals surface area contributed by atoms with Gasteiger partial charge in [-0.15, -0.1) is 11.3 Å². The number of anilines is 1. The van der Waals surface area contributed by atoms with Gasteiger partial charge < -0.3 is 10.1 Å². The molecule has 2 aliphatic rings. The smallest absolute Gasteiger partial charge is 0.341 e. The van der Waals surface area contributed by atoms with Gasteiger partial charge in [-0.2, -0.15) is 0 Å². The van der Waals surface area contributed by atoms with Gasteiger partial charge >= 0.3 is 5.97 Å². The summed E-state index contributed by atoms with van der Waals surface area (Å²) in [5.74, 6) is 1.16. The molecule has 0 radical (unpaired) electrons. The largest absolute Gasteiger partial charge is 0.462 e. The zero-order valence-corrected chi connectivity index (χ0v) is 14.9. The minimum Gasteiger partial charge on any atom is -0.462 e. The lowest BCUT2D eigenvalue weighted by molar-refractivity contribution is -0.121. The Morgan fingerprint density at radius 3 is 2.61 bits per heavy atom. The minimum atomic E-state index is -0.322. The van der Waals surface area contributed by atoms with Gasteiger partial charge in [0.1, 0.15) is 5.00 Å². The summed E-state index contributed by atoms with van der Waals surface area (Å²) in [6, 6.07) is 0. The Morgan fingerprint density at radius 2 is 2.04 bits per heavy atom. The van der Waals surface area contributed by atoms with E-state index in [-0.39, 0.29) is 17.8 Å². The third-order valence-electron chi connectivity index (χ3n) is 5.35. The molecule has 0 aliphatic heterocycles. The second kappa shape index (κ2) is 6.63. The number of aryl methyl sites for hydroxylation is 1. The highest BCUT2D eigenvalue weighted by Crippen LogP contribution is 2.49. The van der Waals surface area contributed by atoms with E-state index in [0.717, 1.165) is 29.2 Å². The van der Waals surface area contributed by atoms with Crippen molar-refractivity contribution in [3.05, 3.63) is 16.0 Å². The molecule has 3 rings (SSSR count). The maximum absolute atomic E-state index is 12.7. The van der Waals surface area contributed by atoms with Crippen molar-refractivity contribution in [1.82, 2.24) is 0 Å². The normalized spacial score (nSPS) is 25.6. The highest BCUT2D eigenvalue weighted by atomic mass is 32.1. The van der Waals surface area contributed by atoms with Crippen LogP contribution in [0, 0.1) is 24.7 Å². The van der Waals surface area contributed by atoms with Gasteiger partial charge in [0.15, 0.2) is 0 Å². The number of amides is 1. The van der Waals surface area contributed by atoms with Crippen molar-refractivity contribution >= 4 is 28.2 Å².